The Morgan fingerprint density at radius 2 is 1.50 bits per heavy atom. The molecule has 0 amide bonds. The second-order valence-corrected chi connectivity index (χ2v) is 7.32. The van der Waals surface area contributed by atoms with E-state index in [1.54, 1.807) is 0 Å². The minimum atomic E-state index is -1.08. The molecular formula is C21H40O5. The van der Waals surface area contributed by atoms with Crippen molar-refractivity contribution in [2.75, 3.05) is 19.8 Å². The van der Waals surface area contributed by atoms with Crippen molar-refractivity contribution < 1.29 is 24.8 Å². The van der Waals surface area contributed by atoms with Gasteiger partial charge in [0.15, 0.2) is 0 Å². The van der Waals surface area contributed by atoms with Gasteiger partial charge in [-0.25, -0.2) is 0 Å². The van der Waals surface area contributed by atoms with E-state index in [4.69, 9.17) is 14.6 Å². The molecule has 0 aromatic rings. The van der Waals surface area contributed by atoms with Crippen LogP contribution in [0.25, 0.3) is 0 Å². The first-order valence-corrected chi connectivity index (χ1v) is 10.6. The van der Waals surface area contributed by atoms with Crippen molar-refractivity contribution >= 4 is 0 Å². The summed E-state index contributed by atoms with van der Waals surface area (Å²) in [5.74, 6) is 0. The van der Waals surface area contributed by atoms with E-state index in [0.717, 1.165) is 12.8 Å². The third-order valence-corrected chi connectivity index (χ3v) is 5.00. The van der Waals surface area contributed by atoms with Crippen molar-refractivity contribution in [1.29, 1.82) is 0 Å². The smallest absolute Gasteiger partial charge is 0.111 e. The molecule has 5 heteroatoms. The van der Waals surface area contributed by atoms with Crippen molar-refractivity contribution in [2.45, 2.75) is 102 Å². The van der Waals surface area contributed by atoms with E-state index >= 15 is 0 Å². The van der Waals surface area contributed by atoms with Gasteiger partial charge in [-0.2, -0.15) is 0 Å². The third kappa shape index (κ3) is 10.0. The first kappa shape index (κ1) is 23.6. The van der Waals surface area contributed by atoms with Gasteiger partial charge < -0.3 is 24.8 Å². The van der Waals surface area contributed by atoms with Crippen LogP contribution in [0.15, 0.2) is 12.2 Å². The highest BCUT2D eigenvalue weighted by Crippen LogP contribution is 2.18. The van der Waals surface area contributed by atoms with Gasteiger partial charge in [0, 0.05) is 6.61 Å². The van der Waals surface area contributed by atoms with Crippen molar-refractivity contribution in [3.05, 3.63) is 12.2 Å². The van der Waals surface area contributed by atoms with Crippen LogP contribution >= 0.6 is 0 Å². The van der Waals surface area contributed by atoms with E-state index in [1.807, 2.05) is 0 Å². The van der Waals surface area contributed by atoms with Crippen LogP contribution in [0.4, 0.5) is 0 Å². The largest absolute Gasteiger partial charge is 0.394 e. The van der Waals surface area contributed by atoms with E-state index in [-0.39, 0.29) is 13.2 Å². The summed E-state index contributed by atoms with van der Waals surface area (Å²) in [6.45, 7) is 2.73. The molecular weight excluding hydrogens is 332 g/mol. The van der Waals surface area contributed by atoms with Crippen LogP contribution in [0.5, 0.6) is 0 Å². The van der Waals surface area contributed by atoms with Gasteiger partial charge in [0.05, 0.1) is 13.2 Å². The number of hydrogen-bond acceptors (Lipinski definition) is 5. The van der Waals surface area contributed by atoms with Crippen molar-refractivity contribution in [1.82, 2.24) is 0 Å². The number of hydrogen-bond donors (Lipinski definition) is 3. The molecule has 0 bridgehead atoms. The predicted molar refractivity (Wildman–Crippen MR) is 104 cm³/mol. The van der Waals surface area contributed by atoms with Crippen molar-refractivity contribution in [3.63, 3.8) is 0 Å². The van der Waals surface area contributed by atoms with Crippen LogP contribution in [0, 0.1) is 0 Å². The van der Waals surface area contributed by atoms with E-state index in [1.165, 1.54) is 57.8 Å². The summed E-state index contributed by atoms with van der Waals surface area (Å²) in [6.07, 6.45) is 14.9. The maximum Gasteiger partial charge on any atom is 0.111 e. The first-order valence-electron chi connectivity index (χ1n) is 10.6. The number of rotatable bonds is 15. The van der Waals surface area contributed by atoms with E-state index in [0.29, 0.717) is 6.61 Å². The highest BCUT2D eigenvalue weighted by molar-refractivity contribution is 4.87. The fourth-order valence-electron chi connectivity index (χ4n) is 3.20. The molecule has 1 saturated heterocycles. The summed E-state index contributed by atoms with van der Waals surface area (Å²) in [6, 6.07) is 0. The van der Waals surface area contributed by atoms with E-state index in [9.17, 15) is 10.2 Å². The van der Waals surface area contributed by atoms with Gasteiger partial charge >= 0.3 is 0 Å². The molecule has 5 nitrogen and oxygen atoms in total. The van der Waals surface area contributed by atoms with Gasteiger partial charge in [0.25, 0.3) is 0 Å². The Morgan fingerprint density at radius 3 is 2.15 bits per heavy atom. The van der Waals surface area contributed by atoms with Gasteiger partial charge in [-0.15, -0.1) is 0 Å². The number of ether oxygens (including phenoxy) is 2. The summed E-state index contributed by atoms with van der Waals surface area (Å²) < 4.78 is 10.9. The molecule has 1 aliphatic heterocycles. The molecule has 1 aliphatic rings. The number of aliphatic hydroxyl groups excluding tert-OH is 3. The monoisotopic (exact) mass is 372 g/mol. The third-order valence-electron chi connectivity index (χ3n) is 5.00. The maximum absolute atomic E-state index is 9.97. The maximum atomic E-state index is 9.97. The molecule has 0 radical (unpaired) electrons. The zero-order chi connectivity index (χ0) is 19.0. The lowest BCUT2D eigenvalue weighted by molar-refractivity contribution is -0.208. The van der Waals surface area contributed by atoms with Gasteiger partial charge in [0.2, 0.25) is 0 Å². The average molecular weight is 373 g/mol. The molecule has 26 heavy (non-hydrogen) atoms. The Labute approximate surface area is 159 Å². The lowest BCUT2D eigenvalue weighted by Gasteiger charge is -2.36. The lowest BCUT2D eigenvalue weighted by Crippen LogP contribution is -2.55. The standard InChI is InChI=1S/C21H40O5/c1-2-3-4-5-6-7-8-9-10-11-12-13-14-15-25-19-17-26-18(16-22)20(23)21(19)24/h5-6,18-24H,2-4,7-17H2,1H3/b6-5+/t18-,19+,20-,21-/m1/s1. The van der Waals surface area contributed by atoms with Crippen LogP contribution < -0.4 is 0 Å². The molecule has 0 aromatic carbocycles. The van der Waals surface area contributed by atoms with Gasteiger partial charge in [-0.1, -0.05) is 64.0 Å². The number of unbranched alkanes of at least 4 members (excludes halogenated alkanes) is 9. The zero-order valence-electron chi connectivity index (χ0n) is 16.5. The van der Waals surface area contributed by atoms with Gasteiger partial charge in [-0.05, 0) is 25.7 Å². The molecule has 154 valence electrons. The fraction of sp³-hybridized carbons (Fsp3) is 0.905. The summed E-state index contributed by atoms with van der Waals surface area (Å²) in [5, 5.41) is 28.8. The second kappa shape index (κ2) is 15.6. The zero-order valence-corrected chi connectivity index (χ0v) is 16.5. The predicted octanol–water partition coefficient (Wildman–Crippen LogP) is 3.35. The van der Waals surface area contributed by atoms with E-state index < -0.39 is 24.4 Å². The molecule has 0 spiro atoms. The number of aliphatic hydroxyl groups is 3. The number of allylic oxidation sites excluding steroid dienone is 2. The van der Waals surface area contributed by atoms with Crippen LogP contribution in [0.2, 0.25) is 0 Å². The Morgan fingerprint density at radius 1 is 0.885 bits per heavy atom. The van der Waals surface area contributed by atoms with Crippen molar-refractivity contribution in [2.24, 2.45) is 0 Å². The molecule has 0 aliphatic carbocycles. The van der Waals surface area contributed by atoms with E-state index in [2.05, 4.69) is 19.1 Å². The highest BCUT2D eigenvalue weighted by Gasteiger charge is 2.38. The quantitative estimate of drug-likeness (QED) is 0.303. The first-order chi connectivity index (χ1) is 12.7. The summed E-state index contributed by atoms with van der Waals surface area (Å²) in [5.41, 5.74) is 0. The van der Waals surface area contributed by atoms with Crippen LogP contribution in [-0.2, 0) is 9.47 Å². The van der Waals surface area contributed by atoms with Crippen LogP contribution in [0.3, 0.4) is 0 Å². The minimum Gasteiger partial charge on any atom is -0.394 e. The normalized spacial score (nSPS) is 26.6. The Bertz CT molecular complexity index is 347. The summed E-state index contributed by atoms with van der Waals surface area (Å²) in [4.78, 5) is 0. The molecule has 4 atom stereocenters. The Balaban J connectivity index is 1.88. The van der Waals surface area contributed by atoms with Gasteiger partial charge in [-0.3, -0.25) is 0 Å². The second-order valence-electron chi connectivity index (χ2n) is 7.32. The molecule has 0 saturated carbocycles. The summed E-state index contributed by atoms with van der Waals surface area (Å²) in [7, 11) is 0. The summed E-state index contributed by atoms with van der Waals surface area (Å²) >= 11 is 0. The minimum absolute atomic E-state index is 0.219. The lowest BCUT2D eigenvalue weighted by atomic mass is 10.0. The SMILES string of the molecule is CCCC/C=C/CCCCCCCCCO[C@H]1CO[C@H](CO)[C@@H](O)[C@@H]1O. The van der Waals surface area contributed by atoms with Crippen molar-refractivity contribution in [3.8, 4) is 0 Å². The highest BCUT2D eigenvalue weighted by atomic mass is 16.6. The van der Waals surface area contributed by atoms with Gasteiger partial charge in [0.1, 0.15) is 24.4 Å². The van der Waals surface area contributed by atoms with Crippen LogP contribution in [-0.4, -0.2) is 59.6 Å². The van der Waals surface area contributed by atoms with Crippen LogP contribution in [0.1, 0.15) is 77.6 Å². The Kier molecular flexibility index (Phi) is 14.1. The fourth-order valence-corrected chi connectivity index (χ4v) is 3.20. The molecule has 3 N–H and O–H groups in total. The molecule has 1 fully saturated rings. The average Bonchev–Trinajstić information content (AvgIpc) is 2.65. The molecule has 1 rings (SSSR count). The Hall–Kier alpha value is -0.460. The molecule has 1 heterocycles. The molecule has 0 aromatic heterocycles. The topological polar surface area (TPSA) is 79.2 Å². The molecule has 0 unspecified atom stereocenters.